The van der Waals surface area contributed by atoms with Crippen LogP contribution in [0, 0.1) is 0 Å². The molecular formula is C7H17NO6P2S. The van der Waals surface area contributed by atoms with Gasteiger partial charge in [0.25, 0.3) is 0 Å². The van der Waals surface area contributed by atoms with Crippen LogP contribution in [0.2, 0.25) is 0 Å². The van der Waals surface area contributed by atoms with Crippen molar-refractivity contribution >= 4 is 27.0 Å². The summed E-state index contributed by atoms with van der Waals surface area (Å²) in [4.78, 5) is 36.7. The lowest BCUT2D eigenvalue weighted by Crippen LogP contribution is -2.35. The molecule has 7 nitrogen and oxygen atoms in total. The lowest BCUT2D eigenvalue weighted by Gasteiger charge is -2.34. The molecule has 0 saturated carbocycles. The molecule has 17 heavy (non-hydrogen) atoms. The third-order valence-electron chi connectivity index (χ3n) is 2.72. The van der Waals surface area contributed by atoms with Crippen LogP contribution in [0.4, 0.5) is 0 Å². The van der Waals surface area contributed by atoms with E-state index < -0.39 is 19.4 Å². The maximum atomic E-state index is 11.3. The molecular weight excluding hydrogens is 288 g/mol. The predicted molar refractivity (Wildman–Crippen MR) is 66.0 cm³/mol. The van der Waals surface area contributed by atoms with E-state index in [1.807, 2.05) is 0 Å². The minimum Gasteiger partial charge on any atom is -0.323 e. The molecule has 0 aromatic rings. The van der Waals surface area contributed by atoms with E-state index in [4.69, 9.17) is 0 Å². The molecule has 0 aliphatic carbocycles. The molecule has 0 bridgehead atoms. The number of piperidine rings is 1. The molecule has 5 N–H and O–H groups in total. The van der Waals surface area contributed by atoms with Gasteiger partial charge in [-0.2, -0.15) is 0 Å². The Balaban J connectivity index is 2.92. The Morgan fingerprint density at radius 2 is 1.76 bits per heavy atom. The standard InChI is InChI=1S/C7H17NO6P2S/c1-7(15(9,10)11,16(12,13)14)17-6-3-2-4-8-5-6/h6,8H,2-5H2,1H3,(H2,9,10,11)(H2,12,13,14)/t6-/m0/s1. The molecule has 0 radical (unpaired) electrons. The number of rotatable bonds is 4. The second-order valence-corrected chi connectivity index (χ2v) is 10.7. The highest BCUT2D eigenvalue weighted by Gasteiger charge is 2.58. The maximum absolute atomic E-state index is 11.3. The molecule has 0 aromatic heterocycles. The third kappa shape index (κ3) is 3.55. The summed E-state index contributed by atoms with van der Waals surface area (Å²) in [5.74, 6) is 0. The molecule has 10 heteroatoms. The highest BCUT2D eigenvalue weighted by molar-refractivity contribution is 8.13. The first-order chi connectivity index (χ1) is 7.58. The fraction of sp³-hybridized carbons (Fsp3) is 1.00. The molecule has 1 rings (SSSR count). The summed E-state index contributed by atoms with van der Waals surface area (Å²) in [6.45, 7) is 2.26. The van der Waals surface area contributed by atoms with Crippen molar-refractivity contribution in [2.24, 2.45) is 0 Å². The van der Waals surface area contributed by atoms with Crippen molar-refractivity contribution in [3.8, 4) is 0 Å². The first kappa shape index (κ1) is 15.7. The molecule has 1 aliphatic rings. The Hall–Kier alpha value is 0.610. The maximum Gasteiger partial charge on any atom is 0.353 e. The Bertz CT molecular complexity index is 337. The molecule has 0 unspecified atom stereocenters. The van der Waals surface area contributed by atoms with E-state index in [0.717, 1.165) is 19.9 Å². The fourth-order valence-corrected chi connectivity index (χ4v) is 6.01. The second-order valence-electron chi connectivity index (χ2n) is 4.11. The Kier molecular flexibility index (Phi) is 4.89. The van der Waals surface area contributed by atoms with Crippen LogP contribution in [-0.2, 0) is 9.13 Å². The van der Waals surface area contributed by atoms with Gasteiger partial charge in [-0.15, -0.1) is 11.8 Å². The van der Waals surface area contributed by atoms with Gasteiger partial charge >= 0.3 is 15.2 Å². The zero-order valence-corrected chi connectivity index (χ0v) is 11.9. The lowest BCUT2D eigenvalue weighted by molar-refractivity contribution is 0.335. The molecule has 102 valence electrons. The Labute approximate surface area is 104 Å². The quantitative estimate of drug-likeness (QED) is 0.475. The van der Waals surface area contributed by atoms with Gasteiger partial charge in [0, 0.05) is 11.8 Å². The smallest absolute Gasteiger partial charge is 0.323 e. The van der Waals surface area contributed by atoms with Gasteiger partial charge in [-0.3, -0.25) is 9.13 Å². The van der Waals surface area contributed by atoms with Crippen LogP contribution in [-0.4, -0.2) is 42.1 Å². The summed E-state index contributed by atoms with van der Waals surface area (Å²) in [5.41, 5.74) is 0. The van der Waals surface area contributed by atoms with Crippen molar-refractivity contribution in [1.29, 1.82) is 0 Å². The summed E-state index contributed by atoms with van der Waals surface area (Å²) >= 11 is 0.693. The fourth-order valence-electron chi connectivity index (χ4n) is 1.54. The van der Waals surface area contributed by atoms with E-state index >= 15 is 0 Å². The number of thioether (sulfide) groups is 1. The zero-order chi connectivity index (χ0) is 13.3. The summed E-state index contributed by atoms with van der Waals surface area (Å²) < 4.78 is 20.3. The van der Waals surface area contributed by atoms with E-state index in [1.54, 1.807) is 0 Å². The van der Waals surface area contributed by atoms with Crippen LogP contribution in [0.15, 0.2) is 0 Å². The molecule has 1 fully saturated rings. The van der Waals surface area contributed by atoms with Crippen LogP contribution in [0.1, 0.15) is 19.8 Å². The SMILES string of the molecule is CC(S[C@H]1CCCNC1)(P(=O)(O)O)P(=O)(O)O. The Morgan fingerprint density at radius 3 is 2.12 bits per heavy atom. The molecule has 0 aromatic carbocycles. The normalized spacial score (nSPS) is 23.7. The van der Waals surface area contributed by atoms with Crippen molar-refractivity contribution in [2.45, 2.75) is 29.2 Å². The summed E-state index contributed by atoms with van der Waals surface area (Å²) in [5, 5.41) is 2.83. The Morgan fingerprint density at radius 1 is 1.24 bits per heavy atom. The van der Waals surface area contributed by atoms with Crippen LogP contribution in [0.5, 0.6) is 0 Å². The zero-order valence-electron chi connectivity index (χ0n) is 9.31. The van der Waals surface area contributed by atoms with Gasteiger partial charge in [0.2, 0.25) is 4.23 Å². The topological polar surface area (TPSA) is 127 Å². The van der Waals surface area contributed by atoms with Crippen molar-refractivity contribution in [3.63, 3.8) is 0 Å². The summed E-state index contributed by atoms with van der Waals surface area (Å²) in [6.07, 6.45) is 1.52. The average Bonchev–Trinajstić information content (AvgIpc) is 2.15. The van der Waals surface area contributed by atoms with Crippen molar-refractivity contribution < 1.29 is 28.7 Å². The largest absolute Gasteiger partial charge is 0.353 e. The van der Waals surface area contributed by atoms with E-state index in [9.17, 15) is 28.7 Å². The van der Waals surface area contributed by atoms with Crippen LogP contribution < -0.4 is 5.32 Å². The molecule has 1 aliphatic heterocycles. The minimum atomic E-state index is -4.90. The van der Waals surface area contributed by atoms with Gasteiger partial charge in [-0.25, -0.2) is 0 Å². The molecule has 0 spiro atoms. The van der Waals surface area contributed by atoms with Crippen molar-refractivity contribution in [2.75, 3.05) is 13.1 Å². The molecule has 1 saturated heterocycles. The monoisotopic (exact) mass is 305 g/mol. The van der Waals surface area contributed by atoms with E-state index in [2.05, 4.69) is 5.32 Å². The van der Waals surface area contributed by atoms with Gasteiger partial charge < -0.3 is 24.9 Å². The number of hydrogen-bond donors (Lipinski definition) is 5. The van der Waals surface area contributed by atoms with Gasteiger partial charge in [0.05, 0.1) is 0 Å². The van der Waals surface area contributed by atoms with Crippen LogP contribution >= 0.6 is 27.0 Å². The van der Waals surface area contributed by atoms with Crippen molar-refractivity contribution in [3.05, 3.63) is 0 Å². The van der Waals surface area contributed by atoms with Gasteiger partial charge in [-0.05, 0) is 26.3 Å². The summed E-state index contributed by atoms with van der Waals surface area (Å²) in [7, 11) is -9.81. The number of hydrogen-bond acceptors (Lipinski definition) is 4. The molecule has 0 amide bonds. The molecule has 1 atom stereocenters. The van der Waals surface area contributed by atoms with Crippen molar-refractivity contribution in [1.82, 2.24) is 5.32 Å². The van der Waals surface area contributed by atoms with Gasteiger partial charge in [-0.1, -0.05) is 0 Å². The first-order valence-corrected chi connectivity index (χ1v) is 9.18. The van der Waals surface area contributed by atoms with Gasteiger partial charge in [0.15, 0.2) is 0 Å². The van der Waals surface area contributed by atoms with E-state index in [0.29, 0.717) is 24.7 Å². The average molecular weight is 305 g/mol. The first-order valence-electron chi connectivity index (χ1n) is 5.08. The van der Waals surface area contributed by atoms with Crippen LogP contribution in [0.25, 0.3) is 0 Å². The van der Waals surface area contributed by atoms with Gasteiger partial charge in [0.1, 0.15) is 0 Å². The highest BCUT2D eigenvalue weighted by Crippen LogP contribution is 2.74. The second kappa shape index (κ2) is 5.31. The lowest BCUT2D eigenvalue weighted by atomic mass is 10.2. The third-order valence-corrected chi connectivity index (χ3v) is 9.69. The number of nitrogens with one attached hydrogen (secondary N) is 1. The predicted octanol–water partition coefficient (Wildman–Crippen LogP) is 0.501. The van der Waals surface area contributed by atoms with E-state index in [-0.39, 0.29) is 5.25 Å². The molecule has 1 heterocycles. The highest BCUT2D eigenvalue weighted by atomic mass is 32.2. The summed E-state index contributed by atoms with van der Waals surface area (Å²) in [6, 6.07) is 0. The van der Waals surface area contributed by atoms with E-state index in [1.165, 1.54) is 0 Å². The minimum absolute atomic E-state index is 0.200. The van der Waals surface area contributed by atoms with Crippen LogP contribution in [0.3, 0.4) is 0 Å².